The lowest BCUT2D eigenvalue weighted by molar-refractivity contribution is -0.0495. The van der Waals surface area contributed by atoms with Gasteiger partial charge in [0.05, 0.1) is 17.2 Å². The van der Waals surface area contributed by atoms with Gasteiger partial charge in [0.2, 0.25) is 0 Å². The highest BCUT2D eigenvalue weighted by atomic mass is 32.2. The predicted octanol–water partition coefficient (Wildman–Crippen LogP) is 0.762. The number of sulfone groups is 1. The minimum Gasteiger partial charge on any atom is -0.433 e. The Hall–Kier alpha value is -2.14. The molecule has 1 atom stereocenters. The van der Waals surface area contributed by atoms with E-state index in [1.54, 1.807) is 31.3 Å². The van der Waals surface area contributed by atoms with Gasteiger partial charge < -0.3 is 20.3 Å². The summed E-state index contributed by atoms with van der Waals surface area (Å²) < 4.78 is 53.0. The zero-order chi connectivity index (χ0) is 21.6. The Morgan fingerprint density at radius 3 is 2.70 bits per heavy atom. The molecule has 168 valence electrons. The van der Waals surface area contributed by atoms with E-state index >= 15 is 0 Å². The average Bonchev–Trinajstić information content (AvgIpc) is 3.16. The van der Waals surface area contributed by atoms with Crippen molar-refractivity contribution in [3.63, 3.8) is 0 Å². The molecule has 2 heterocycles. The first-order valence-electron chi connectivity index (χ1n) is 10.0. The molecular formula is C19H29F2N5O3S. The van der Waals surface area contributed by atoms with Crippen molar-refractivity contribution in [1.82, 2.24) is 15.5 Å². The number of para-hydroxylation sites is 2. The lowest BCUT2D eigenvalue weighted by Gasteiger charge is -2.27. The van der Waals surface area contributed by atoms with Gasteiger partial charge in [-0.15, -0.1) is 0 Å². The fourth-order valence-electron chi connectivity index (χ4n) is 3.71. The van der Waals surface area contributed by atoms with Gasteiger partial charge in [-0.05, 0) is 18.6 Å². The molecule has 0 radical (unpaired) electrons. The molecule has 1 aromatic carbocycles. The molecule has 3 rings (SSSR count). The van der Waals surface area contributed by atoms with E-state index in [-0.39, 0.29) is 23.3 Å². The summed E-state index contributed by atoms with van der Waals surface area (Å²) >= 11 is 0. The number of nitrogens with zero attached hydrogens (tertiary/aromatic N) is 3. The molecular weight excluding hydrogens is 416 g/mol. The predicted molar refractivity (Wildman–Crippen MR) is 113 cm³/mol. The Morgan fingerprint density at radius 2 is 2.00 bits per heavy atom. The summed E-state index contributed by atoms with van der Waals surface area (Å²) in [5.41, 5.74) is 0.657. The van der Waals surface area contributed by atoms with E-state index in [9.17, 15) is 17.2 Å². The molecule has 2 fully saturated rings. The minimum absolute atomic E-state index is 0.121. The van der Waals surface area contributed by atoms with Crippen molar-refractivity contribution in [2.24, 2.45) is 4.99 Å². The molecule has 0 bridgehead atoms. The maximum atomic E-state index is 12.7. The fourth-order valence-corrected chi connectivity index (χ4v) is 4.98. The molecule has 8 nitrogen and oxygen atoms in total. The maximum Gasteiger partial charge on any atom is 0.387 e. The standard InChI is InChI=1S/C19H29F2N5O3S/c1-22-19(23-7-9-25-10-12-30(27,28)13-11-25)24-15-6-8-26(14-15)16-4-2-3-5-17(16)29-18(20)21/h2-5,15,18H,6-14H2,1H3,(H2,22,23,24). The van der Waals surface area contributed by atoms with E-state index in [2.05, 4.69) is 25.3 Å². The average molecular weight is 446 g/mol. The summed E-state index contributed by atoms with van der Waals surface area (Å²) in [6.07, 6.45) is 0.841. The molecule has 2 aliphatic rings. The summed E-state index contributed by atoms with van der Waals surface area (Å²) in [5.74, 6) is 1.28. The van der Waals surface area contributed by atoms with Crippen LogP contribution in [-0.2, 0) is 9.84 Å². The van der Waals surface area contributed by atoms with E-state index in [1.165, 1.54) is 0 Å². The van der Waals surface area contributed by atoms with Crippen molar-refractivity contribution in [2.75, 3.05) is 62.7 Å². The monoisotopic (exact) mass is 445 g/mol. The van der Waals surface area contributed by atoms with Gasteiger partial charge in [0.1, 0.15) is 5.75 Å². The van der Waals surface area contributed by atoms with Crippen LogP contribution < -0.4 is 20.3 Å². The maximum absolute atomic E-state index is 12.7. The first kappa shape index (κ1) is 22.5. The number of rotatable bonds is 7. The molecule has 1 aromatic rings. The first-order chi connectivity index (χ1) is 14.4. The van der Waals surface area contributed by atoms with E-state index in [1.807, 2.05) is 4.90 Å². The van der Waals surface area contributed by atoms with Gasteiger partial charge in [0, 0.05) is 52.4 Å². The second-order valence-corrected chi connectivity index (χ2v) is 9.72. The molecule has 1 unspecified atom stereocenters. The van der Waals surface area contributed by atoms with Crippen LogP contribution in [0.5, 0.6) is 5.75 Å². The number of benzene rings is 1. The highest BCUT2D eigenvalue weighted by molar-refractivity contribution is 7.91. The Bertz CT molecular complexity index is 823. The van der Waals surface area contributed by atoms with E-state index in [0.717, 1.165) is 19.5 Å². The summed E-state index contributed by atoms with van der Waals surface area (Å²) in [4.78, 5) is 8.40. The largest absolute Gasteiger partial charge is 0.433 e. The van der Waals surface area contributed by atoms with Crippen molar-refractivity contribution in [1.29, 1.82) is 0 Å². The molecule has 0 spiro atoms. The molecule has 0 aliphatic carbocycles. The number of anilines is 1. The van der Waals surface area contributed by atoms with Crippen molar-refractivity contribution >= 4 is 21.5 Å². The second-order valence-electron chi connectivity index (χ2n) is 7.41. The van der Waals surface area contributed by atoms with Gasteiger partial charge >= 0.3 is 6.61 Å². The number of hydrogen-bond acceptors (Lipinski definition) is 6. The van der Waals surface area contributed by atoms with Crippen LogP contribution in [0.15, 0.2) is 29.3 Å². The number of aliphatic imine (C=N–C) groups is 1. The highest BCUT2D eigenvalue weighted by Gasteiger charge is 2.26. The van der Waals surface area contributed by atoms with Gasteiger partial charge in [0.15, 0.2) is 15.8 Å². The van der Waals surface area contributed by atoms with Crippen molar-refractivity contribution < 1.29 is 21.9 Å². The third-order valence-corrected chi connectivity index (χ3v) is 6.94. The molecule has 2 N–H and O–H groups in total. The third kappa shape index (κ3) is 6.43. The molecule has 0 amide bonds. The van der Waals surface area contributed by atoms with Crippen molar-refractivity contribution in [3.8, 4) is 5.75 Å². The van der Waals surface area contributed by atoms with Gasteiger partial charge in [-0.3, -0.25) is 9.89 Å². The highest BCUT2D eigenvalue weighted by Crippen LogP contribution is 2.31. The Labute approximate surface area is 176 Å². The van der Waals surface area contributed by atoms with Crippen LogP contribution in [-0.4, -0.2) is 89.8 Å². The molecule has 2 aliphatic heterocycles. The van der Waals surface area contributed by atoms with Crippen molar-refractivity contribution in [2.45, 2.75) is 19.1 Å². The van der Waals surface area contributed by atoms with Crippen LogP contribution >= 0.6 is 0 Å². The van der Waals surface area contributed by atoms with Gasteiger partial charge in [0.25, 0.3) is 0 Å². The number of hydrogen-bond donors (Lipinski definition) is 2. The number of nitrogens with one attached hydrogen (secondary N) is 2. The van der Waals surface area contributed by atoms with Gasteiger partial charge in [-0.25, -0.2) is 8.42 Å². The van der Waals surface area contributed by atoms with Crippen LogP contribution in [0.3, 0.4) is 0 Å². The Balaban J connectivity index is 1.45. The zero-order valence-electron chi connectivity index (χ0n) is 17.1. The molecule has 30 heavy (non-hydrogen) atoms. The van der Waals surface area contributed by atoms with Gasteiger partial charge in [-0.1, -0.05) is 12.1 Å². The fraction of sp³-hybridized carbons (Fsp3) is 0.632. The normalized spacial score (nSPS) is 22.3. The van der Waals surface area contributed by atoms with Crippen LogP contribution in [0.2, 0.25) is 0 Å². The lowest BCUT2D eigenvalue weighted by atomic mass is 10.2. The first-order valence-corrected chi connectivity index (χ1v) is 11.9. The molecule has 0 aromatic heterocycles. The zero-order valence-corrected chi connectivity index (χ0v) is 17.9. The summed E-state index contributed by atoms with van der Waals surface area (Å²) in [5, 5.41) is 6.63. The Kier molecular flexibility index (Phi) is 7.70. The van der Waals surface area contributed by atoms with Crippen LogP contribution in [0, 0.1) is 0 Å². The quantitative estimate of drug-likeness (QED) is 0.473. The summed E-state index contributed by atoms with van der Waals surface area (Å²) in [6.45, 7) is 1.04. The number of alkyl halides is 2. The topological polar surface area (TPSA) is 86.3 Å². The molecule has 11 heteroatoms. The summed E-state index contributed by atoms with van der Waals surface area (Å²) in [6, 6.07) is 6.94. The molecule has 2 saturated heterocycles. The molecule has 0 saturated carbocycles. The summed E-state index contributed by atoms with van der Waals surface area (Å²) in [7, 11) is -1.17. The van der Waals surface area contributed by atoms with E-state index < -0.39 is 16.4 Å². The third-order valence-electron chi connectivity index (χ3n) is 5.33. The minimum atomic E-state index is -2.87. The van der Waals surface area contributed by atoms with Crippen molar-refractivity contribution in [3.05, 3.63) is 24.3 Å². The number of ether oxygens (including phenoxy) is 1. The number of guanidine groups is 1. The van der Waals surface area contributed by atoms with Crippen LogP contribution in [0.4, 0.5) is 14.5 Å². The van der Waals surface area contributed by atoms with E-state index in [4.69, 9.17) is 0 Å². The Morgan fingerprint density at radius 1 is 1.27 bits per heavy atom. The number of halogens is 2. The van der Waals surface area contributed by atoms with Gasteiger partial charge in [-0.2, -0.15) is 8.78 Å². The smallest absolute Gasteiger partial charge is 0.387 e. The van der Waals surface area contributed by atoms with Crippen LogP contribution in [0.25, 0.3) is 0 Å². The van der Waals surface area contributed by atoms with E-state index in [0.29, 0.717) is 37.8 Å². The SMILES string of the molecule is CN=C(NCCN1CCS(=O)(=O)CC1)NC1CCN(c2ccccc2OC(F)F)C1. The lowest BCUT2D eigenvalue weighted by Crippen LogP contribution is -2.48. The second kappa shape index (κ2) is 10.3. The van der Waals surface area contributed by atoms with Crippen LogP contribution in [0.1, 0.15) is 6.42 Å².